The second-order valence-electron chi connectivity index (χ2n) is 4.57. The van der Waals surface area contributed by atoms with Crippen LogP contribution in [0.5, 0.6) is 0 Å². The molecule has 1 N–H and O–H groups in total. The molecule has 0 fully saturated rings. The Morgan fingerprint density at radius 3 is 2.42 bits per heavy atom. The molecule has 0 aliphatic heterocycles. The molecule has 0 aliphatic carbocycles. The van der Waals surface area contributed by atoms with Crippen LogP contribution >= 0.6 is 22.9 Å². The van der Waals surface area contributed by atoms with Gasteiger partial charge >= 0.3 is 0 Å². The number of nitrogens with one attached hydrogen (secondary N) is 1. The highest BCUT2D eigenvalue weighted by Crippen LogP contribution is 2.22. The Balaban J connectivity index is 2.10. The molecule has 2 nitrogen and oxygen atoms in total. The van der Waals surface area contributed by atoms with Crippen molar-refractivity contribution in [3.05, 3.63) is 56.2 Å². The Hall–Kier alpha value is -1.32. The number of amides is 1. The average Bonchev–Trinajstić information content (AvgIpc) is 2.69. The monoisotopic (exact) mass is 293 g/mol. The van der Waals surface area contributed by atoms with Crippen molar-refractivity contribution in [1.29, 1.82) is 0 Å². The van der Waals surface area contributed by atoms with Gasteiger partial charge in [0.15, 0.2) is 0 Å². The minimum absolute atomic E-state index is 0.0238. The largest absolute Gasteiger partial charge is 0.345 e. The number of hydrogen-bond acceptors (Lipinski definition) is 2. The first-order valence-corrected chi connectivity index (χ1v) is 7.30. The molecule has 0 saturated carbocycles. The SMILES string of the molecule is Cc1cc(C(=O)NC(C)c2ccc(Cl)cc2)c(C)s1. The van der Waals surface area contributed by atoms with Crippen molar-refractivity contribution in [2.24, 2.45) is 0 Å². The predicted octanol–water partition coefficient (Wildman–Crippen LogP) is 4.51. The zero-order valence-corrected chi connectivity index (χ0v) is 12.7. The van der Waals surface area contributed by atoms with Crippen LogP contribution in [0.3, 0.4) is 0 Å². The van der Waals surface area contributed by atoms with Gasteiger partial charge in [0.25, 0.3) is 5.91 Å². The van der Waals surface area contributed by atoms with Gasteiger partial charge in [-0.1, -0.05) is 23.7 Å². The Bertz CT molecular complexity index is 589. The molecule has 1 atom stereocenters. The molecule has 19 heavy (non-hydrogen) atoms. The maximum absolute atomic E-state index is 12.2. The second-order valence-corrected chi connectivity index (χ2v) is 6.47. The van der Waals surface area contributed by atoms with E-state index in [0.29, 0.717) is 5.02 Å². The minimum atomic E-state index is -0.0376. The van der Waals surface area contributed by atoms with Crippen LogP contribution in [-0.2, 0) is 0 Å². The number of thiophene rings is 1. The lowest BCUT2D eigenvalue weighted by atomic mass is 10.1. The molecule has 0 aliphatic rings. The summed E-state index contributed by atoms with van der Waals surface area (Å²) < 4.78 is 0. The van der Waals surface area contributed by atoms with E-state index < -0.39 is 0 Å². The van der Waals surface area contributed by atoms with Crippen LogP contribution in [0.1, 0.15) is 38.6 Å². The highest BCUT2D eigenvalue weighted by Gasteiger charge is 2.15. The molecule has 4 heteroatoms. The number of carbonyl (C=O) groups is 1. The van der Waals surface area contributed by atoms with Gasteiger partial charge in [-0.3, -0.25) is 4.79 Å². The molecule has 2 rings (SSSR count). The smallest absolute Gasteiger partial charge is 0.252 e. The van der Waals surface area contributed by atoms with E-state index in [2.05, 4.69) is 5.32 Å². The quantitative estimate of drug-likeness (QED) is 0.886. The van der Waals surface area contributed by atoms with Gasteiger partial charge in [-0.2, -0.15) is 0 Å². The summed E-state index contributed by atoms with van der Waals surface area (Å²) >= 11 is 7.50. The molecule has 0 bridgehead atoms. The second kappa shape index (κ2) is 5.76. The van der Waals surface area contributed by atoms with E-state index in [1.54, 1.807) is 11.3 Å². The molecule has 1 heterocycles. The van der Waals surface area contributed by atoms with Gasteiger partial charge in [0.2, 0.25) is 0 Å². The van der Waals surface area contributed by atoms with Crippen molar-refractivity contribution in [2.45, 2.75) is 26.8 Å². The molecule has 100 valence electrons. The fraction of sp³-hybridized carbons (Fsp3) is 0.267. The Morgan fingerprint density at radius 2 is 1.89 bits per heavy atom. The van der Waals surface area contributed by atoms with Crippen molar-refractivity contribution in [1.82, 2.24) is 5.32 Å². The van der Waals surface area contributed by atoms with E-state index in [1.165, 1.54) is 0 Å². The molecule has 0 radical (unpaired) electrons. The standard InChI is InChI=1S/C15H16ClNOS/c1-9-8-14(11(3)19-9)15(18)17-10(2)12-4-6-13(16)7-5-12/h4-8,10H,1-3H3,(H,17,18). The predicted molar refractivity (Wildman–Crippen MR) is 81.1 cm³/mol. The molecule has 1 unspecified atom stereocenters. The maximum atomic E-state index is 12.2. The lowest BCUT2D eigenvalue weighted by Gasteiger charge is -2.14. The topological polar surface area (TPSA) is 29.1 Å². The molecule has 0 saturated heterocycles. The number of aryl methyl sites for hydroxylation is 2. The lowest BCUT2D eigenvalue weighted by Crippen LogP contribution is -2.26. The zero-order chi connectivity index (χ0) is 14.0. The van der Waals surface area contributed by atoms with E-state index in [1.807, 2.05) is 51.1 Å². The highest BCUT2D eigenvalue weighted by atomic mass is 35.5. The van der Waals surface area contributed by atoms with E-state index >= 15 is 0 Å². The van der Waals surface area contributed by atoms with E-state index in [0.717, 1.165) is 20.9 Å². The number of rotatable bonds is 3. The molecule has 2 aromatic rings. The number of hydrogen-bond donors (Lipinski definition) is 1. The minimum Gasteiger partial charge on any atom is -0.345 e. The third-order valence-electron chi connectivity index (χ3n) is 3.00. The normalized spacial score (nSPS) is 12.2. The number of benzene rings is 1. The summed E-state index contributed by atoms with van der Waals surface area (Å²) in [6, 6.07) is 9.42. The van der Waals surface area contributed by atoms with Crippen molar-refractivity contribution < 1.29 is 4.79 Å². The number of halogens is 1. The van der Waals surface area contributed by atoms with Gasteiger partial charge in [0.1, 0.15) is 0 Å². The summed E-state index contributed by atoms with van der Waals surface area (Å²) in [6.45, 7) is 5.95. The first kappa shape index (κ1) is 14.1. The molecule has 1 aromatic carbocycles. The third-order valence-corrected chi connectivity index (χ3v) is 4.22. The maximum Gasteiger partial charge on any atom is 0.252 e. The molecule has 1 amide bonds. The van der Waals surface area contributed by atoms with Gasteiger partial charge < -0.3 is 5.32 Å². The molecule has 1 aromatic heterocycles. The van der Waals surface area contributed by atoms with E-state index in [4.69, 9.17) is 11.6 Å². The van der Waals surface area contributed by atoms with Gasteiger partial charge in [-0.15, -0.1) is 11.3 Å². The van der Waals surface area contributed by atoms with E-state index in [-0.39, 0.29) is 11.9 Å². The van der Waals surface area contributed by atoms with Gasteiger partial charge in [0.05, 0.1) is 11.6 Å². The fourth-order valence-corrected chi connectivity index (χ4v) is 3.01. The molecular formula is C15H16ClNOS. The fourth-order valence-electron chi connectivity index (χ4n) is 1.97. The zero-order valence-electron chi connectivity index (χ0n) is 11.2. The third kappa shape index (κ3) is 3.37. The molecular weight excluding hydrogens is 278 g/mol. The summed E-state index contributed by atoms with van der Waals surface area (Å²) in [5, 5.41) is 3.71. The first-order valence-electron chi connectivity index (χ1n) is 6.10. The van der Waals surface area contributed by atoms with Crippen LogP contribution in [0.25, 0.3) is 0 Å². The van der Waals surface area contributed by atoms with Gasteiger partial charge in [0, 0.05) is 14.8 Å². The Kier molecular flexibility index (Phi) is 4.27. The van der Waals surface area contributed by atoms with Crippen LogP contribution in [0.2, 0.25) is 5.02 Å². The van der Waals surface area contributed by atoms with Crippen molar-refractivity contribution in [3.8, 4) is 0 Å². The van der Waals surface area contributed by atoms with Crippen LogP contribution < -0.4 is 5.32 Å². The van der Waals surface area contributed by atoms with Crippen molar-refractivity contribution in [3.63, 3.8) is 0 Å². The summed E-state index contributed by atoms with van der Waals surface area (Å²) in [5.74, 6) is -0.0238. The van der Waals surface area contributed by atoms with Crippen LogP contribution in [0.15, 0.2) is 30.3 Å². The summed E-state index contributed by atoms with van der Waals surface area (Å²) in [5.41, 5.74) is 1.81. The van der Waals surface area contributed by atoms with Crippen LogP contribution in [0, 0.1) is 13.8 Å². The highest BCUT2D eigenvalue weighted by molar-refractivity contribution is 7.12. The number of carbonyl (C=O) groups excluding carboxylic acids is 1. The van der Waals surface area contributed by atoms with Gasteiger partial charge in [-0.25, -0.2) is 0 Å². The Morgan fingerprint density at radius 1 is 1.26 bits per heavy atom. The van der Waals surface area contributed by atoms with Crippen LogP contribution in [-0.4, -0.2) is 5.91 Å². The Labute approximate surface area is 122 Å². The lowest BCUT2D eigenvalue weighted by molar-refractivity contribution is 0.0940. The first-order chi connectivity index (χ1) is 8.97. The van der Waals surface area contributed by atoms with Gasteiger partial charge in [-0.05, 0) is 44.5 Å². The summed E-state index contributed by atoms with van der Waals surface area (Å²) in [4.78, 5) is 14.4. The average molecular weight is 294 g/mol. The van der Waals surface area contributed by atoms with Crippen molar-refractivity contribution in [2.75, 3.05) is 0 Å². The summed E-state index contributed by atoms with van der Waals surface area (Å²) in [6.07, 6.45) is 0. The summed E-state index contributed by atoms with van der Waals surface area (Å²) in [7, 11) is 0. The molecule has 0 spiro atoms. The van der Waals surface area contributed by atoms with Crippen LogP contribution in [0.4, 0.5) is 0 Å². The van der Waals surface area contributed by atoms with E-state index in [9.17, 15) is 4.79 Å². The van der Waals surface area contributed by atoms with Crippen molar-refractivity contribution >= 4 is 28.8 Å².